The molecule has 3 N–H and O–H groups in total. The zero-order valence-corrected chi connectivity index (χ0v) is 14.9. The number of imidazole rings is 1. The van der Waals surface area contributed by atoms with E-state index in [2.05, 4.69) is 29.4 Å². The van der Waals surface area contributed by atoms with Crippen molar-refractivity contribution in [1.29, 1.82) is 0 Å². The van der Waals surface area contributed by atoms with Crippen molar-refractivity contribution in [3.63, 3.8) is 0 Å². The van der Waals surface area contributed by atoms with Gasteiger partial charge in [0.1, 0.15) is 29.4 Å². The van der Waals surface area contributed by atoms with Crippen molar-refractivity contribution >= 4 is 17.0 Å². The second-order valence-electron chi connectivity index (χ2n) is 6.17. The average molecular weight is 343 g/mol. The van der Waals surface area contributed by atoms with Gasteiger partial charge in [-0.25, -0.2) is 9.13 Å². The second-order valence-corrected chi connectivity index (χ2v) is 6.17. The van der Waals surface area contributed by atoms with Gasteiger partial charge in [0, 0.05) is 6.54 Å². The van der Waals surface area contributed by atoms with E-state index < -0.39 is 6.10 Å². The number of nitrogen functional groups attached to an aromatic ring is 1. The maximum atomic E-state index is 10.5. The first-order valence-electron chi connectivity index (χ1n) is 8.86. The molecule has 25 heavy (non-hydrogen) atoms. The standard InChI is InChI=1S/C19H26N4O2/c1-3-21(4-2)11-12-22-15-8-5-6-9-16(15)23(19(22)20)14-17(24)18-10-7-13-25-18/h5-10,13,17,20,24H,3-4,11-12,14H2,1-2H3/p+1/t17-/m0/s1. The highest BCUT2D eigenvalue weighted by Crippen LogP contribution is 2.19. The summed E-state index contributed by atoms with van der Waals surface area (Å²) in [6.45, 7) is 8.49. The first-order chi connectivity index (χ1) is 12.2. The first kappa shape index (κ1) is 17.5. The van der Waals surface area contributed by atoms with Crippen LogP contribution in [-0.4, -0.2) is 34.2 Å². The van der Waals surface area contributed by atoms with E-state index in [0.29, 0.717) is 18.3 Å². The Labute approximate surface area is 148 Å². The fourth-order valence-electron chi connectivity index (χ4n) is 3.27. The van der Waals surface area contributed by atoms with E-state index in [-0.39, 0.29) is 0 Å². The van der Waals surface area contributed by atoms with Gasteiger partial charge in [-0.2, -0.15) is 0 Å². The number of aliphatic hydroxyl groups excluding tert-OH is 1. The van der Waals surface area contributed by atoms with Crippen molar-refractivity contribution < 1.29 is 14.1 Å². The summed E-state index contributed by atoms with van der Waals surface area (Å²) >= 11 is 0. The van der Waals surface area contributed by atoms with Crippen LogP contribution in [0.5, 0.6) is 0 Å². The highest BCUT2D eigenvalue weighted by Gasteiger charge is 2.24. The van der Waals surface area contributed by atoms with Gasteiger partial charge in [-0.3, -0.25) is 5.73 Å². The third kappa shape index (κ3) is 3.55. The normalized spacial score (nSPS) is 13.0. The molecule has 3 aromatic rings. The summed E-state index contributed by atoms with van der Waals surface area (Å²) in [4.78, 5) is 2.37. The van der Waals surface area contributed by atoms with Gasteiger partial charge in [0.05, 0.1) is 12.8 Å². The molecule has 0 aliphatic heterocycles. The van der Waals surface area contributed by atoms with Crippen molar-refractivity contribution in [2.75, 3.05) is 25.4 Å². The predicted molar refractivity (Wildman–Crippen MR) is 98.0 cm³/mol. The van der Waals surface area contributed by atoms with Crippen LogP contribution in [0.25, 0.3) is 11.0 Å². The number of aliphatic hydroxyl groups is 1. The number of nitrogens with zero attached hydrogens (tertiary/aromatic N) is 3. The van der Waals surface area contributed by atoms with Crippen LogP contribution in [0, 0.1) is 0 Å². The van der Waals surface area contributed by atoms with Gasteiger partial charge in [0.2, 0.25) is 0 Å². The number of aromatic nitrogens is 2. The fraction of sp³-hybridized carbons (Fsp3) is 0.421. The number of rotatable bonds is 8. The van der Waals surface area contributed by atoms with Crippen LogP contribution in [-0.2, 0) is 13.1 Å². The van der Waals surface area contributed by atoms with E-state index in [9.17, 15) is 5.11 Å². The molecule has 0 aliphatic carbocycles. The Hall–Kier alpha value is -2.31. The molecule has 2 aromatic heterocycles. The molecule has 134 valence electrons. The van der Waals surface area contributed by atoms with E-state index in [1.165, 1.54) is 0 Å². The highest BCUT2D eigenvalue weighted by atomic mass is 16.4. The Kier molecular flexibility index (Phi) is 5.40. The van der Waals surface area contributed by atoms with E-state index in [1.807, 2.05) is 22.8 Å². The molecule has 0 radical (unpaired) electrons. The molecule has 0 amide bonds. The minimum absolute atomic E-state index is 0.359. The van der Waals surface area contributed by atoms with Gasteiger partial charge >= 0.3 is 5.95 Å². The lowest BCUT2D eigenvalue weighted by Crippen LogP contribution is -2.39. The molecule has 1 aromatic carbocycles. The van der Waals surface area contributed by atoms with Crippen molar-refractivity contribution in [3.05, 3.63) is 48.4 Å². The minimum Gasteiger partial charge on any atom is -0.466 e. The van der Waals surface area contributed by atoms with Crippen molar-refractivity contribution in [3.8, 4) is 0 Å². The van der Waals surface area contributed by atoms with E-state index in [4.69, 9.17) is 10.2 Å². The monoisotopic (exact) mass is 343 g/mol. The third-order valence-corrected chi connectivity index (χ3v) is 4.78. The Balaban J connectivity index is 1.92. The molecule has 0 unspecified atom stereocenters. The minimum atomic E-state index is -0.732. The maximum absolute atomic E-state index is 10.5. The van der Waals surface area contributed by atoms with Gasteiger partial charge in [0.15, 0.2) is 0 Å². The molecule has 2 heterocycles. The van der Waals surface area contributed by atoms with Crippen LogP contribution >= 0.6 is 0 Å². The van der Waals surface area contributed by atoms with Gasteiger partial charge < -0.3 is 14.4 Å². The predicted octanol–water partition coefficient (Wildman–Crippen LogP) is 2.18. The SMILES string of the molecule is CCN(CC)CCn1c(N)[n+](C[C@H](O)c2ccco2)c2ccccc21. The van der Waals surface area contributed by atoms with Gasteiger partial charge in [-0.05, 0) is 37.4 Å². The number of fused-ring (bicyclic) bond motifs is 1. The fourth-order valence-corrected chi connectivity index (χ4v) is 3.27. The topological polar surface area (TPSA) is 71.4 Å². The molecule has 3 rings (SSSR count). The molecular formula is C19H27N4O2+. The summed E-state index contributed by atoms with van der Waals surface area (Å²) in [6.07, 6.45) is 0.837. The lowest BCUT2D eigenvalue weighted by molar-refractivity contribution is -0.666. The Morgan fingerprint density at radius 1 is 1.20 bits per heavy atom. The summed E-state index contributed by atoms with van der Waals surface area (Å²) in [7, 11) is 0. The summed E-state index contributed by atoms with van der Waals surface area (Å²) in [5.74, 6) is 1.20. The van der Waals surface area contributed by atoms with Gasteiger partial charge in [0.25, 0.3) is 0 Å². The molecule has 0 saturated carbocycles. The molecule has 0 fully saturated rings. The Morgan fingerprint density at radius 3 is 2.64 bits per heavy atom. The quantitative estimate of drug-likeness (QED) is 0.615. The van der Waals surface area contributed by atoms with Crippen LogP contribution in [0.3, 0.4) is 0 Å². The zero-order valence-electron chi connectivity index (χ0n) is 14.9. The molecule has 0 saturated heterocycles. The number of hydrogen-bond donors (Lipinski definition) is 2. The average Bonchev–Trinajstić information content (AvgIpc) is 3.25. The zero-order chi connectivity index (χ0) is 17.8. The van der Waals surface area contributed by atoms with Crippen molar-refractivity contribution in [2.24, 2.45) is 0 Å². The smallest absolute Gasteiger partial charge is 0.356 e. The van der Waals surface area contributed by atoms with E-state index >= 15 is 0 Å². The summed E-state index contributed by atoms with van der Waals surface area (Å²) in [5.41, 5.74) is 8.55. The molecular weight excluding hydrogens is 316 g/mol. The number of anilines is 1. The number of likely N-dealkylation sites (N-methyl/N-ethyl adjacent to an activating group) is 1. The number of hydrogen-bond acceptors (Lipinski definition) is 4. The van der Waals surface area contributed by atoms with Crippen molar-refractivity contribution in [2.45, 2.75) is 33.0 Å². The van der Waals surface area contributed by atoms with Gasteiger partial charge in [-0.15, -0.1) is 0 Å². The number of benzene rings is 1. The molecule has 6 nitrogen and oxygen atoms in total. The van der Waals surface area contributed by atoms with Crippen LogP contribution in [0.1, 0.15) is 25.7 Å². The number of nitrogens with two attached hydrogens (primary N) is 1. The van der Waals surface area contributed by atoms with E-state index in [1.54, 1.807) is 18.4 Å². The third-order valence-electron chi connectivity index (χ3n) is 4.78. The lowest BCUT2D eigenvalue weighted by atomic mass is 10.2. The highest BCUT2D eigenvalue weighted by molar-refractivity contribution is 5.73. The number of furan rings is 1. The Bertz CT molecular complexity index is 806. The lowest BCUT2D eigenvalue weighted by Gasteiger charge is -2.17. The maximum Gasteiger partial charge on any atom is 0.356 e. The second kappa shape index (κ2) is 7.72. The molecule has 0 bridgehead atoms. The molecule has 0 aliphatic rings. The van der Waals surface area contributed by atoms with Crippen LogP contribution in [0.4, 0.5) is 5.95 Å². The van der Waals surface area contributed by atoms with Crippen LogP contribution < -0.4 is 10.3 Å². The summed E-state index contributed by atoms with van der Waals surface area (Å²) in [5, 5.41) is 10.5. The molecule has 0 spiro atoms. The molecule has 1 atom stereocenters. The largest absolute Gasteiger partial charge is 0.466 e. The van der Waals surface area contributed by atoms with Crippen LogP contribution in [0.15, 0.2) is 47.1 Å². The summed E-state index contributed by atoms with van der Waals surface area (Å²) in [6, 6.07) is 11.7. The van der Waals surface area contributed by atoms with Crippen molar-refractivity contribution in [1.82, 2.24) is 9.47 Å². The van der Waals surface area contributed by atoms with Crippen LogP contribution in [0.2, 0.25) is 0 Å². The van der Waals surface area contributed by atoms with Gasteiger partial charge in [-0.1, -0.05) is 26.0 Å². The first-order valence-corrected chi connectivity index (χ1v) is 8.86. The van der Waals surface area contributed by atoms with E-state index in [0.717, 1.165) is 37.2 Å². The molecule has 6 heteroatoms. The number of para-hydroxylation sites is 2. The summed E-state index contributed by atoms with van der Waals surface area (Å²) < 4.78 is 9.41. The Morgan fingerprint density at radius 2 is 1.96 bits per heavy atom.